The number of carbonyl (C=O) groups is 1. The van der Waals surface area contributed by atoms with Crippen molar-refractivity contribution in [3.05, 3.63) is 0 Å². The molecule has 1 unspecified atom stereocenters. The van der Waals surface area contributed by atoms with E-state index in [9.17, 15) is 4.79 Å². The van der Waals surface area contributed by atoms with Crippen LogP contribution in [-0.4, -0.2) is 41.5 Å². The Kier molecular flexibility index (Phi) is 3.31. The largest absolute Gasteiger partial charge is 0.469 e. The van der Waals surface area contributed by atoms with Crippen LogP contribution in [0.3, 0.4) is 0 Å². The van der Waals surface area contributed by atoms with Gasteiger partial charge in [0.25, 0.3) is 0 Å². The van der Waals surface area contributed by atoms with Crippen LogP contribution in [0.5, 0.6) is 0 Å². The summed E-state index contributed by atoms with van der Waals surface area (Å²) in [6, 6.07) is 0.704. The van der Waals surface area contributed by atoms with Gasteiger partial charge in [0.05, 0.1) is 13.0 Å². The fourth-order valence-corrected chi connectivity index (χ4v) is 3.63. The van der Waals surface area contributed by atoms with E-state index in [-0.39, 0.29) is 11.9 Å². The lowest BCUT2D eigenvalue weighted by Gasteiger charge is -2.48. The molecule has 4 heteroatoms. The summed E-state index contributed by atoms with van der Waals surface area (Å²) in [5.41, 5.74) is 0. The molecule has 3 heterocycles. The smallest absolute Gasteiger partial charge is 0.310 e. The monoisotopic (exact) mass is 309 g/mol. The summed E-state index contributed by atoms with van der Waals surface area (Å²) in [6.07, 6.45) is 2.36. The average molecular weight is 309 g/mol. The molecule has 0 aromatic rings. The number of esters is 1. The fraction of sp³-hybridized carbons (Fsp3) is 0.900. The van der Waals surface area contributed by atoms with E-state index in [0.29, 0.717) is 12.0 Å². The van der Waals surface area contributed by atoms with Gasteiger partial charge >= 0.3 is 5.97 Å². The predicted octanol–water partition coefficient (Wildman–Crippen LogP) is 1.30. The second-order valence-electron chi connectivity index (χ2n) is 4.22. The number of nitrogens with zero attached hydrogens (tertiary/aromatic N) is 1. The number of hydrogen-bond acceptors (Lipinski definition) is 3. The third-order valence-corrected chi connectivity index (χ3v) is 4.58. The molecule has 3 aliphatic heterocycles. The van der Waals surface area contributed by atoms with Crippen LogP contribution in [0.15, 0.2) is 0 Å². The minimum Gasteiger partial charge on any atom is -0.469 e. The summed E-state index contributed by atoms with van der Waals surface area (Å²) in [5, 5.41) is 0. The molecule has 0 radical (unpaired) electrons. The Bertz CT molecular complexity index is 234. The average Bonchev–Trinajstić information content (AvgIpc) is 2.28. The first-order chi connectivity index (χ1) is 6.76. The molecule has 0 amide bonds. The summed E-state index contributed by atoms with van der Waals surface area (Å²) in [6.45, 7) is 2.09. The van der Waals surface area contributed by atoms with Crippen LogP contribution in [0.1, 0.15) is 12.8 Å². The third kappa shape index (κ3) is 1.78. The molecule has 3 nitrogen and oxygen atoms in total. The second-order valence-corrected chi connectivity index (χ2v) is 5.10. The van der Waals surface area contributed by atoms with Crippen molar-refractivity contribution in [1.82, 2.24) is 4.90 Å². The van der Waals surface area contributed by atoms with Gasteiger partial charge in [-0.1, -0.05) is 22.6 Å². The Balaban J connectivity index is 2.04. The molecule has 3 aliphatic rings. The fourth-order valence-electron chi connectivity index (χ4n) is 2.72. The second kappa shape index (κ2) is 4.35. The van der Waals surface area contributed by atoms with Gasteiger partial charge in [-0.15, -0.1) is 0 Å². The number of piperidine rings is 3. The highest BCUT2D eigenvalue weighted by molar-refractivity contribution is 14.1. The Hall–Kier alpha value is 0.160. The van der Waals surface area contributed by atoms with Gasteiger partial charge in [-0.3, -0.25) is 9.69 Å². The summed E-state index contributed by atoms with van der Waals surface area (Å²) >= 11 is 2.44. The maximum atomic E-state index is 11.5. The quantitative estimate of drug-likeness (QED) is 0.437. The molecule has 2 bridgehead atoms. The Labute approximate surface area is 98.3 Å². The standard InChI is InChI=1S/C10H16INO2/c1-14-10(13)9-6-12-3-2-7(9)4-8(12)5-11/h7-9H,2-6H2,1H3/t7-,8-,9-/m0/s1. The van der Waals surface area contributed by atoms with Crippen LogP contribution in [0.25, 0.3) is 0 Å². The maximum absolute atomic E-state index is 11.5. The molecule has 0 aromatic heterocycles. The predicted molar refractivity (Wildman–Crippen MR) is 62.5 cm³/mol. The van der Waals surface area contributed by atoms with E-state index < -0.39 is 0 Å². The molecule has 3 rings (SSSR count). The van der Waals surface area contributed by atoms with Gasteiger partial charge in [-0.25, -0.2) is 0 Å². The molecule has 0 aromatic carbocycles. The molecule has 0 saturated carbocycles. The molecule has 0 N–H and O–H groups in total. The van der Waals surface area contributed by atoms with Crippen LogP contribution in [-0.2, 0) is 9.53 Å². The number of hydrogen-bond donors (Lipinski definition) is 0. The topological polar surface area (TPSA) is 29.5 Å². The number of alkyl halides is 1. The molecule has 80 valence electrons. The normalized spacial score (nSPS) is 41.0. The lowest BCUT2D eigenvalue weighted by Crippen LogP contribution is -2.56. The third-order valence-electron chi connectivity index (χ3n) is 3.56. The van der Waals surface area contributed by atoms with Crippen LogP contribution < -0.4 is 0 Å². The number of fused-ring (bicyclic) bond motifs is 3. The number of carbonyl (C=O) groups excluding carboxylic acids is 1. The van der Waals surface area contributed by atoms with E-state index >= 15 is 0 Å². The van der Waals surface area contributed by atoms with Gasteiger partial charge in [0.15, 0.2) is 0 Å². The summed E-state index contributed by atoms with van der Waals surface area (Å²) in [4.78, 5) is 14.0. The van der Waals surface area contributed by atoms with Crippen LogP contribution in [0, 0.1) is 11.8 Å². The van der Waals surface area contributed by atoms with Gasteiger partial charge in [0.2, 0.25) is 0 Å². The highest BCUT2D eigenvalue weighted by Gasteiger charge is 2.43. The number of halogens is 1. The molecule has 4 atom stereocenters. The van der Waals surface area contributed by atoms with Crippen molar-refractivity contribution < 1.29 is 9.53 Å². The van der Waals surface area contributed by atoms with Gasteiger partial charge < -0.3 is 4.74 Å². The number of rotatable bonds is 2. The number of methoxy groups -OCH3 is 1. The molecule has 3 fully saturated rings. The minimum absolute atomic E-state index is 0.00777. The maximum Gasteiger partial charge on any atom is 0.310 e. The van der Waals surface area contributed by atoms with Gasteiger partial charge in [0.1, 0.15) is 0 Å². The molecular formula is C10H16INO2. The van der Waals surface area contributed by atoms with E-state index in [2.05, 4.69) is 27.5 Å². The van der Waals surface area contributed by atoms with Crippen LogP contribution in [0.4, 0.5) is 0 Å². The van der Waals surface area contributed by atoms with E-state index in [1.807, 2.05) is 0 Å². The molecular weight excluding hydrogens is 293 g/mol. The first-order valence-electron chi connectivity index (χ1n) is 5.14. The summed E-state index contributed by atoms with van der Waals surface area (Å²) in [5.74, 6) is 0.715. The zero-order valence-corrected chi connectivity index (χ0v) is 10.6. The van der Waals surface area contributed by atoms with Gasteiger partial charge in [0, 0.05) is 17.0 Å². The Morgan fingerprint density at radius 3 is 2.93 bits per heavy atom. The van der Waals surface area contributed by atoms with Gasteiger partial charge in [-0.2, -0.15) is 0 Å². The van der Waals surface area contributed by atoms with E-state index in [4.69, 9.17) is 4.74 Å². The van der Waals surface area contributed by atoms with Crippen molar-refractivity contribution >= 4 is 28.6 Å². The molecule has 0 spiro atoms. The van der Waals surface area contributed by atoms with Crippen LogP contribution >= 0.6 is 22.6 Å². The van der Waals surface area contributed by atoms with Gasteiger partial charge in [-0.05, 0) is 25.3 Å². The molecule has 0 aliphatic carbocycles. The zero-order valence-electron chi connectivity index (χ0n) is 8.41. The minimum atomic E-state index is -0.00777. The summed E-state index contributed by atoms with van der Waals surface area (Å²) in [7, 11) is 1.50. The lowest BCUT2D eigenvalue weighted by atomic mass is 9.76. The highest BCUT2D eigenvalue weighted by atomic mass is 127. The summed E-state index contributed by atoms with van der Waals surface area (Å²) < 4.78 is 6.03. The van der Waals surface area contributed by atoms with Crippen molar-refractivity contribution in [3.63, 3.8) is 0 Å². The molecule has 3 saturated heterocycles. The van der Waals surface area contributed by atoms with Crippen molar-refractivity contribution in [2.45, 2.75) is 18.9 Å². The highest BCUT2D eigenvalue weighted by Crippen LogP contribution is 2.37. The SMILES string of the molecule is COC(=O)[C@H]1CN2CC[C@H]1C[C@H]2CI. The van der Waals surface area contributed by atoms with Crippen molar-refractivity contribution in [2.24, 2.45) is 11.8 Å². The Morgan fingerprint density at radius 1 is 1.64 bits per heavy atom. The van der Waals surface area contributed by atoms with Crippen molar-refractivity contribution in [2.75, 3.05) is 24.6 Å². The van der Waals surface area contributed by atoms with E-state index in [0.717, 1.165) is 6.54 Å². The van der Waals surface area contributed by atoms with Crippen molar-refractivity contribution in [1.29, 1.82) is 0 Å². The van der Waals surface area contributed by atoms with E-state index in [1.165, 1.54) is 30.9 Å². The van der Waals surface area contributed by atoms with E-state index in [1.54, 1.807) is 0 Å². The van der Waals surface area contributed by atoms with Crippen molar-refractivity contribution in [3.8, 4) is 0 Å². The van der Waals surface area contributed by atoms with Crippen LogP contribution in [0.2, 0.25) is 0 Å². The Morgan fingerprint density at radius 2 is 2.43 bits per heavy atom. The zero-order chi connectivity index (χ0) is 10.1. The molecule has 14 heavy (non-hydrogen) atoms. The lowest BCUT2D eigenvalue weighted by molar-refractivity contribution is -0.153. The first kappa shape index (κ1) is 10.7. The first-order valence-corrected chi connectivity index (χ1v) is 6.66. The number of ether oxygens (including phenoxy) is 1.